The molecular weight excluding hydrogens is 332 g/mol. The van der Waals surface area contributed by atoms with Crippen molar-refractivity contribution in [1.29, 1.82) is 0 Å². The maximum absolute atomic E-state index is 11.7. The summed E-state index contributed by atoms with van der Waals surface area (Å²) in [5, 5.41) is 6.41. The molecule has 0 amide bonds. The summed E-state index contributed by atoms with van der Waals surface area (Å²) in [6.07, 6.45) is 0. The molecule has 7 heteroatoms. The highest BCUT2D eigenvalue weighted by Gasteiger charge is 2.25. The topological polar surface area (TPSA) is 81.3 Å². The Morgan fingerprint density at radius 3 is 2.42 bits per heavy atom. The number of methoxy groups -OCH3 is 1. The predicted octanol–water partition coefficient (Wildman–Crippen LogP) is 3.09. The fourth-order valence-corrected chi connectivity index (χ4v) is 2.25. The number of hydrogen-bond donors (Lipinski definition) is 1. The number of aromatic nitrogens is 2. The van der Waals surface area contributed by atoms with E-state index in [1.54, 1.807) is 24.3 Å². The molecule has 1 heterocycles. The number of benzene rings is 1. The summed E-state index contributed by atoms with van der Waals surface area (Å²) in [5.41, 5.74) is 0.989. The van der Waals surface area contributed by atoms with E-state index in [1.807, 2.05) is 20.8 Å². The highest BCUT2D eigenvalue weighted by atomic mass is 35.5. The number of aromatic amines is 1. The standard InChI is InChI=1S/C17H19ClN2O4/c1-17(2,3)14-13(12(18)15(21)20-19-14)24-9-10-5-7-11(8-6-10)16(22)23-4/h5-8H,9H2,1-4H3,(H,20,21). The van der Waals surface area contributed by atoms with E-state index < -0.39 is 11.5 Å². The van der Waals surface area contributed by atoms with Gasteiger partial charge in [0.05, 0.1) is 12.7 Å². The van der Waals surface area contributed by atoms with E-state index in [9.17, 15) is 9.59 Å². The van der Waals surface area contributed by atoms with Crippen molar-refractivity contribution in [1.82, 2.24) is 10.2 Å². The van der Waals surface area contributed by atoms with Crippen LogP contribution in [-0.4, -0.2) is 23.3 Å². The maximum atomic E-state index is 11.7. The summed E-state index contributed by atoms with van der Waals surface area (Å²) in [5.74, 6) is -0.135. The van der Waals surface area contributed by atoms with E-state index in [0.717, 1.165) is 5.56 Å². The van der Waals surface area contributed by atoms with Crippen molar-refractivity contribution in [2.45, 2.75) is 32.8 Å². The van der Waals surface area contributed by atoms with E-state index >= 15 is 0 Å². The minimum atomic E-state index is -0.499. The Hall–Kier alpha value is -2.34. The maximum Gasteiger partial charge on any atom is 0.337 e. The summed E-state index contributed by atoms with van der Waals surface area (Å²) < 4.78 is 10.4. The molecule has 0 radical (unpaired) electrons. The van der Waals surface area contributed by atoms with Gasteiger partial charge in [0.2, 0.25) is 0 Å². The Morgan fingerprint density at radius 2 is 1.88 bits per heavy atom. The molecule has 0 bridgehead atoms. The molecule has 24 heavy (non-hydrogen) atoms. The monoisotopic (exact) mass is 350 g/mol. The normalized spacial score (nSPS) is 11.2. The van der Waals surface area contributed by atoms with E-state index in [-0.39, 0.29) is 22.8 Å². The number of H-pyrrole nitrogens is 1. The lowest BCUT2D eigenvalue weighted by Gasteiger charge is -2.21. The number of nitrogens with one attached hydrogen (secondary N) is 1. The number of carbonyl (C=O) groups is 1. The molecule has 0 aliphatic carbocycles. The van der Waals surface area contributed by atoms with Crippen LogP contribution in [0.15, 0.2) is 29.1 Å². The van der Waals surface area contributed by atoms with Crippen LogP contribution >= 0.6 is 11.6 Å². The Morgan fingerprint density at radius 1 is 1.25 bits per heavy atom. The number of carbonyl (C=O) groups excluding carboxylic acids is 1. The van der Waals surface area contributed by atoms with Gasteiger partial charge in [-0.3, -0.25) is 4.79 Å². The van der Waals surface area contributed by atoms with Crippen molar-refractivity contribution in [2.75, 3.05) is 7.11 Å². The fraction of sp³-hybridized carbons (Fsp3) is 0.353. The van der Waals surface area contributed by atoms with Crippen molar-refractivity contribution in [2.24, 2.45) is 0 Å². The first-order chi connectivity index (χ1) is 11.2. The molecule has 0 saturated heterocycles. The van der Waals surface area contributed by atoms with Crippen LogP contribution in [0.5, 0.6) is 5.75 Å². The van der Waals surface area contributed by atoms with Gasteiger partial charge in [-0.15, -0.1) is 0 Å². The molecule has 0 unspecified atom stereocenters. The van der Waals surface area contributed by atoms with Gasteiger partial charge in [0, 0.05) is 5.41 Å². The smallest absolute Gasteiger partial charge is 0.337 e. The lowest BCUT2D eigenvalue weighted by molar-refractivity contribution is 0.0600. The number of halogens is 1. The molecule has 0 aliphatic heterocycles. The van der Waals surface area contributed by atoms with E-state index in [0.29, 0.717) is 11.3 Å². The molecule has 0 spiro atoms. The van der Waals surface area contributed by atoms with E-state index in [2.05, 4.69) is 14.9 Å². The molecule has 128 valence electrons. The van der Waals surface area contributed by atoms with Crippen LogP contribution in [0.1, 0.15) is 42.4 Å². The highest BCUT2D eigenvalue weighted by molar-refractivity contribution is 6.31. The SMILES string of the molecule is COC(=O)c1ccc(COc2c(C(C)(C)C)n[nH]c(=O)c2Cl)cc1. The second kappa shape index (κ2) is 7.05. The van der Waals surface area contributed by atoms with Crippen LogP contribution in [-0.2, 0) is 16.8 Å². The van der Waals surface area contributed by atoms with Crippen LogP contribution in [0.3, 0.4) is 0 Å². The van der Waals surface area contributed by atoms with Crippen LogP contribution < -0.4 is 10.3 Å². The third-order valence-electron chi connectivity index (χ3n) is 3.35. The van der Waals surface area contributed by atoms with Crippen molar-refractivity contribution >= 4 is 17.6 Å². The molecule has 0 fully saturated rings. The first-order valence-electron chi connectivity index (χ1n) is 7.32. The number of rotatable bonds is 4. The van der Waals surface area contributed by atoms with E-state index in [4.69, 9.17) is 16.3 Å². The van der Waals surface area contributed by atoms with Gasteiger partial charge in [0.25, 0.3) is 5.56 Å². The average molecular weight is 351 g/mol. The van der Waals surface area contributed by atoms with Gasteiger partial charge >= 0.3 is 5.97 Å². The Balaban J connectivity index is 2.24. The van der Waals surface area contributed by atoms with Gasteiger partial charge in [-0.2, -0.15) is 5.10 Å². The van der Waals surface area contributed by atoms with Crippen molar-refractivity contribution in [3.8, 4) is 5.75 Å². The van der Waals surface area contributed by atoms with Crippen LogP contribution in [0.2, 0.25) is 5.02 Å². The molecule has 0 atom stereocenters. The lowest BCUT2D eigenvalue weighted by atomic mass is 9.91. The predicted molar refractivity (Wildman–Crippen MR) is 90.7 cm³/mol. The van der Waals surface area contributed by atoms with Crippen molar-refractivity contribution in [3.63, 3.8) is 0 Å². The average Bonchev–Trinajstić information content (AvgIpc) is 2.54. The first kappa shape index (κ1) is 18.0. The zero-order chi connectivity index (χ0) is 17.9. The minimum Gasteiger partial charge on any atom is -0.485 e. The largest absolute Gasteiger partial charge is 0.485 e. The van der Waals surface area contributed by atoms with Gasteiger partial charge < -0.3 is 9.47 Å². The number of nitrogens with zero attached hydrogens (tertiary/aromatic N) is 1. The molecule has 1 aromatic carbocycles. The molecule has 2 rings (SSSR count). The van der Waals surface area contributed by atoms with Crippen molar-refractivity contribution < 1.29 is 14.3 Å². The second-order valence-corrected chi connectivity index (χ2v) is 6.65. The molecule has 2 aromatic rings. The Bertz CT molecular complexity index is 792. The van der Waals surface area contributed by atoms with Gasteiger partial charge in [0.15, 0.2) is 10.8 Å². The summed E-state index contributed by atoms with van der Waals surface area (Å²) in [7, 11) is 1.33. The summed E-state index contributed by atoms with van der Waals surface area (Å²) in [6.45, 7) is 6.03. The van der Waals surface area contributed by atoms with Gasteiger partial charge in [-0.05, 0) is 17.7 Å². The summed E-state index contributed by atoms with van der Waals surface area (Å²) in [4.78, 5) is 23.1. The lowest BCUT2D eigenvalue weighted by Crippen LogP contribution is -2.22. The van der Waals surface area contributed by atoms with Crippen molar-refractivity contribution in [3.05, 3.63) is 56.5 Å². The summed E-state index contributed by atoms with van der Waals surface area (Å²) >= 11 is 6.09. The zero-order valence-corrected chi connectivity index (χ0v) is 14.7. The molecule has 0 aliphatic rings. The number of ether oxygens (including phenoxy) is 2. The van der Waals surface area contributed by atoms with Gasteiger partial charge in [0.1, 0.15) is 12.3 Å². The highest BCUT2D eigenvalue weighted by Crippen LogP contribution is 2.33. The molecule has 0 saturated carbocycles. The van der Waals surface area contributed by atoms with Crippen LogP contribution in [0.25, 0.3) is 0 Å². The molecule has 6 nitrogen and oxygen atoms in total. The summed E-state index contributed by atoms with van der Waals surface area (Å²) in [6, 6.07) is 6.79. The third kappa shape index (κ3) is 3.94. The van der Waals surface area contributed by atoms with Crippen LogP contribution in [0, 0.1) is 0 Å². The van der Waals surface area contributed by atoms with Crippen LogP contribution in [0.4, 0.5) is 0 Å². The Labute approximate surface area is 144 Å². The fourth-order valence-electron chi connectivity index (χ4n) is 2.06. The number of hydrogen-bond acceptors (Lipinski definition) is 5. The zero-order valence-electron chi connectivity index (χ0n) is 14.0. The van der Waals surface area contributed by atoms with Gasteiger partial charge in [-0.1, -0.05) is 44.5 Å². The second-order valence-electron chi connectivity index (χ2n) is 6.27. The van der Waals surface area contributed by atoms with E-state index in [1.165, 1.54) is 7.11 Å². The van der Waals surface area contributed by atoms with Gasteiger partial charge in [-0.25, -0.2) is 9.89 Å². The minimum absolute atomic E-state index is 0.0268. The quantitative estimate of drug-likeness (QED) is 0.857. The Kier molecular flexibility index (Phi) is 5.29. The molecule has 1 aromatic heterocycles. The molecular formula is C17H19ClN2O4. The third-order valence-corrected chi connectivity index (χ3v) is 3.69. The first-order valence-corrected chi connectivity index (χ1v) is 7.70. The molecule has 1 N–H and O–H groups in total. The number of esters is 1.